The van der Waals surface area contributed by atoms with Gasteiger partial charge in [-0.1, -0.05) is 37.3 Å². The Morgan fingerprint density at radius 1 is 1.43 bits per heavy atom. The average Bonchev–Trinajstić information content (AvgIpc) is 2.53. The van der Waals surface area contributed by atoms with Gasteiger partial charge in [0.15, 0.2) is 0 Å². The summed E-state index contributed by atoms with van der Waals surface area (Å²) < 4.78 is 4.76. The number of ether oxygens (including phenoxy) is 1. The van der Waals surface area contributed by atoms with Crippen LogP contribution in [0.2, 0.25) is 0 Å². The van der Waals surface area contributed by atoms with Gasteiger partial charge in [0.2, 0.25) is 0 Å². The normalized spacial score (nSPS) is 21.0. The number of piperidine rings is 1. The molecule has 2 atom stereocenters. The highest BCUT2D eigenvalue weighted by Gasteiger charge is 2.21. The Kier molecular flexibility index (Phi) is 6.21. The lowest BCUT2D eigenvalue weighted by Gasteiger charge is -2.33. The van der Waals surface area contributed by atoms with Crippen LogP contribution in [0.4, 0.5) is 0 Å². The number of carbonyl (C=O) groups excluding carboxylic acids is 1. The Hall–Kier alpha value is -1.39. The van der Waals surface area contributed by atoms with E-state index in [0.717, 1.165) is 19.6 Å². The number of rotatable bonds is 6. The molecule has 0 bridgehead atoms. The number of carbonyl (C=O) groups is 1. The molecule has 1 fully saturated rings. The van der Waals surface area contributed by atoms with Gasteiger partial charge in [-0.3, -0.25) is 9.69 Å². The van der Waals surface area contributed by atoms with Crippen LogP contribution < -0.4 is 5.32 Å². The minimum absolute atomic E-state index is 0.0838. The van der Waals surface area contributed by atoms with Gasteiger partial charge in [-0.25, -0.2) is 0 Å². The first-order valence-corrected chi connectivity index (χ1v) is 7.76. The van der Waals surface area contributed by atoms with Crippen LogP contribution in [0, 0.1) is 5.92 Å². The molecular formula is C17H26N2O2. The molecule has 0 aliphatic carbocycles. The van der Waals surface area contributed by atoms with E-state index in [2.05, 4.69) is 40.5 Å². The zero-order chi connectivity index (χ0) is 15.1. The van der Waals surface area contributed by atoms with E-state index in [1.165, 1.54) is 25.5 Å². The van der Waals surface area contributed by atoms with E-state index in [4.69, 9.17) is 4.74 Å². The van der Waals surface area contributed by atoms with Gasteiger partial charge in [0.25, 0.3) is 0 Å². The first-order chi connectivity index (χ1) is 10.2. The Bertz CT molecular complexity index is 436. The summed E-state index contributed by atoms with van der Waals surface area (Å²) in [6, 6.07) is 11.1. The van der Waals surface area contributed by atoms with Crippen LogP contribution in [0.5, 0.6) is 0 Å². The van der Waals surface area contributed by atoms with Crippen molar-refractivity contribution in [3.8, 4) is 0 Å². The van der Waals surface area contributed by atoms with E-state index in [1.807, 2.05) is 6.92 Å². The van der Waals surface area contributed by atoms with Crippen LogP contribution >= 0.6 is 0 Å². The van der Waals surface area contributed by atoms with Gasteiger partial charge >= 0.3 is 5.97 Å². The molecule has 116 valence electrons. The molecule has 2 unspecified atom stereocenters. The van der Waals surface area contributed by atoms with Crippen molar-refractivity contribution in [3.63, 3.8) is 0 Å². The summed E-state index contributed by atoms with van der Waals surface area (Å²) in [5.41, 5.74) is 1.36. The Labute approximate surface area is 127 Å². The number of hydrogen-bond acceptors (Lipinski definition) is 4. The van der Waals surface area contributed by atoms with Gasteiger partial charge in [0.05, 0.1) is 13.0 Å². The summed E-state index contributed by atoms with van der Waals surface area (Å²) in [5.74, 6) is -0.223. The largest absolute Gasteiger partial charge is 0.469 e. The maximum Gasteiger partial charge on any atom is 0.309 e. The maximum absolute atomic E-state index is 11.4. The highest BCUT2D eigenvalue weighted by molar-refractivity contribution is 5.72. The number of nitrogens with one attached hydrogen (secondary N) is 1. The highest BCUT2D eigenvalue weighted by Crippen LogP contribution is 2.14. The third kappa shape index (κ3) is 5.14. The predicted molar refractivity (Wildman–Crippen MR) is 83.9 cm³/mol. The summed E-state index contributed by atoms with van der Waals surface area (Å²) in [6.45, 7) is 5.80. The second-order valence-corrected chi connectivity index (χ2v) is 5.89. The first kappa shape index (κ1) is 16.0. The molecule has 2 rings (SSSR count). The zero-order valence-corrected chi connectivity index (χ0v) is 13.0. The predicted octanol–water partition coefficient (Wildman–Crippen LogP) is 2.05. The molecule has 1 saturated heterocycles. The lowest BCUT2D eigenvalue weighted by molar-refractivity contribution is -0.144. The summed E-state index contributed by atoms with van der Waals surface area (Å²) >= 11 is 0. The minimum Gasteiger partial charge on any atom is -0.469 e. The Morgan fingerprint density at radius 2 is 2.19 bits per heavy atom. The van der Waals surface area contributed by atoms with E-state index in [1.54, 1.807) is 0 Å². The molecule has 1 aromatic rings. The monoisotopic (exact) mass is 290 g/mol. The SMILES string of the molecule is COC(=O)C(C)CNC1CCCN(Cc2ccccc2)C1. The Morgan fingerprint density at radius 3 is 2.90 bits per heavy atom. The summed E-state index contributed by atoms with van der Waals surface area (Å²) in [5, 5.41) is 3.51. The number of nitrogens with zero attached hydrogens (tertiary/aromatic N) is 1. The molecule has 4 heteroatoms. The average molecular weight is 290 g/mol. The number of likely N-dealkylation sites (tertiary alicyclic amines) is 1. The molecule has 0 aromatic heterocycles. The van der Waals surface area contributed by atoms with E-state index in [9.17, 15) is 4.79 Å². The molecule has 0 saturated carbocycles. The lowest BCUT2D eigenvalue weighted by Crippen LogP contribution is -2.47. The molecule has 21 heavy (non-hydrogen) atoms. The molecular weight excluding hydrogens is 264 g/mol. The van der Waals surface area contributed by atoms with E-state index in [0.29, 0.717) is 12.6 Å². The molecule has 0 amide bonds. The number of esters is 1. The second kappa shape index (κ2) is 8.15. The van der Waals surface area contributed by atoms with E-state index >= 15 is 0 Å². The van der Waals surface area contributed by atoms with Gasteiger partial charge in [0.1, 0.15) is 0 Å². The standard InChI is InChI=1S/C17H26N2O2/c1-14(17(20)21-2)11-18-16-9-6-10-19(13-16)12-15-7-4-3-5-8-15/h3-5,7-8,14,16,18H,6,9-13H2,1-2H3. The summed E-state index contributed by atoms with van der Waals surface area (Å²) in [7, 11) is 1.45. The van der Waals surface area contributed by atoms with Crippen molar-refractivity contribution in [2.75, 3.05) is 26.7 Å². The fraction of sp³-hybridized carbons (Fsp3) is 0.588. The van der Waals surface area contributed by atoms with Gasteiger partial charge in [0, 0.05) is 25.7 Å². The smallest absolute Gasteiger partial charge is 0.309 e. The maximum atomic E-state index is 11.4. The fourth-order valence-corrected chi connectivity index (χ4v) is 2.84. The second-order valence-electron chi connectivity index (χ2n) is 5.89. The van der Waals surface area contributed by atoms with Crippen molar-refractivity contribution < 1.29 is 9.53 Å². The van der Waals surface area contributed by atoms with Crippen LogP contribution in [-0.2, 0) is 16.1 Å². The topological polar surface area (TPSA) is 41.6 Å². The summed E-state index contributed by atoms with van der Waals surface area (Å²) in [4.78, 5) is 13.9. The van der Waals surface area contributed by atoms with Crippen molar-refractivity contribution in [2.45, 2.75) is 32.4 Å². The molecule has 1 N–H and O–H groups in total. The van der Waals surface area contributed by atoms with Gasteiger partial charge in [-0.2, -0.15) is 0 Å². The van der Waals surface area contributed by atoms with Crippen LogP contribution in [-0.4, -0.2) is 43.7 Å². The third-order valence-electron chi connectivity index (χ3n) is 4.07. The molecule has 1 aromatic carbocycles. The van der Waals surface area contributed by atoms with Gasteiger partial charge in [-0.15, -0.1) is 0 Å². The van der Waals surface area contributed by atoms with Crippen molar-refractivity contribution in [1.82, 2.24) is 10.2 Å². The fourth-order valence-electron chi connectivity index (χ4n) is 2.84. The van der Waals surface area contributed by atoms with Crippen molar-refractivity contribution in [3.05, 3.63) is 35.9 Å². The number of hydrogen-bond donors (Lipinski definition) is 1. The Balaban J connectivity index is 1.77. The number of benzene rings is 1. The van der Waals surface area contributed by atoms with E-state index < -0.39 is 0 Å². The van der Waals surface area contributed by atoms with Gasteiger partial charge < -0.3 is 10.1 Å². The molecule has 1 aliphatic rings. The van der Waals surface area contributed by atoms with E-state index in [-0.39, 0.29) is 11.9 Å². The van der Waals surface area contributed by atoms with Crippen molar-refractivity contribution >= 4 is 5.97 Å². The minimum atomic E-state index is -0.139. The highest BCUT2D eigenvalue weighted by atomic mass is 16.5. The summed E-state index contributed by atoms with van der Waals surface area (Å²) in [6.07, 6.45) is 2.39. The lowest BCUT2D eigenvalue weighted by atomic mass is 10.0. The van der Waals surface area contributed by atoms with Gasteiger partial charge in [-0.05, 0) is 24.9 Å². The first-order valence-electron chi connectivity index (χ1n) is 7.76. The van der Waals surface area contributed by atoms with Crippen LogP contribution in [0.3, 0.4) is 0 Å². The molecule has 0 radical (unpaired) electrons. The van der Waals surface area contributed by atoms with Crippen molar-refractivity contribution in [1.29, 1.82) is 0 Å². The quantitative estimate of drug-likeness (QED) is 0.814. The van der Waals surface area contributed by atoms with Crippen molar-refractivity contribution in [2.24, 2.45) is 5.92 Å². The number of methoxy groups -OCH3 is 1. The third-order valence-corrected chi connectivity index (χ3v) is 4.07. The molecule has 4 nitrogen and oxygen atoms in total. The molecule has 0 spiro atoms. The zero-order valence-electron chi connectivity index (χ0n) is 13.0. The molecule has 1 heterocycles. The molecule has 1 aliphatic heterocycles. The van der Waals surface area contributed by atoms with Crippen LogP contribution in [0.25, 0.3) is 0 Å². The van der Waals surface area contributed by atoms with Crippen LogP contribution in [0.15, 0.2) is 30.3 Å². The van der Waals surface area contributed by atoms with Crippen LogP contribution in [0.1, 0.15) is 25.3 Å².